The molecule has 1 amide bonds. The number of anilines is 1. The summed E-state index contributed by atoms with van der Waals surface area (Å²) >= 11 is 3.29. The van der Waals surface area contributed by atoms with Crippen LogP contribution < -0.4 is 10.1 Å². The minimum absolute atomic E-state index is 0.0960. The zero-order valence-electron chi connectivity index (χ0n) is 15.9. The maximum Gasteiger partial charge on any atom is 0.573 e. The molecule has 4 aromatic rings. The molecule has 0 radical (unpaired) electrons. The molecule has 0 aliphatic rings. The van der Waals surface area contributed by atoms with Gasteiger partial charge in [0, 0.05) is 32.7 Å². The summed E-state index contributed by atoms with van der Waals surface area (Å²) < 4.78 is 69.0. The van der Waals surface area contributed by atoms with Gasteiger partial charge in [-0.15, -0.1) is 13.2 Å². The van der Waals surface area contributed by atoms with E-state index in [1.165, 1.54) is 24.3 Å². The average molecular weight is 511 g/mol. The minimum Gasteiger partial charge on any atom is -0.406 e. The van der Waals surface area contributed by atoms with Gasteiger partial charge in [0.2, 0.25) is 0 Å². The van der Waals surface area contributed by atoms with Crippen molar-refractivity contribution >= 4 is 38.4 Å². The average Bonchev–Trinajstić information content (AvgIpc) is 3.09. The third kappa shape index (κ3) is 4.91. The Balaban J connectivity index is 1.60. The van der Waals surface area contributed by atoms with E-state index in [0.29, 0.717) is 26.6 Å². The SMILES string of the molecule is O=C(Nc1cc(Br)cc(-c2ccc(F)cc2F)c1)c1cc2cc(OC(F)(F)F)ccc2[nH]1. The molecule has 0 saturated carbocycles. The minimum atomic E-state index is -4.83. The van der Waals surface area contributed by atoms with Crippen molar-refractivity contribution in [2.24, 2.45) is 0 Å². The first-order valence-corrected chi connectivity index (χ1v) is 9.82. The number of hydrogen-bond donors (Lipinski definition) is 2. The van der Waals surface area contributed by atoms with E-state index in [0.717, 1.165) is 24.3 Å². The van der Waals surface area contributed by atoms with Gasteiger partial charge < -0.3 is 15.0 Å². The number of amides is 1. The van der Waals surface area contributed by atoms with E-state index in [1.807, 2.05) is 0 Å². The largest absolute Gasteiger partial charge is 0.573 e. The van der Waals surface area contributed by atoms with Gasteiger partial charge in [0.1, 0.15) is 23.1 Å². The second-order valence-electron chi connectivity index (χ2n) is 6.79. The van der Waals surface area contributed by atoms with E-state index in [4.69, 9.17) is 0 Å². The van der Waals surface area contributed by atoms with Crippen molar-refractivity contribution in [3.05, 3.63) is 82.5 Å². The number of alkyl halides is 3. The summed E-state index contributed by atoms with van der Waals surface area (Å²) in [4.78, 5) is 15.5. The number of H-pyrrole nitrogens is 1. The van der Waals surface area contributed by atoms with Crippen LogP contribution in [0.1, 0.15) is 10.5 Å². The molecular weight excluding hydrogens is 499 g/mol. The Morgan fingerprint density at radius 3 is 2.47 bits per heavy atom. The van der Waals surface area contributed by atoms with Crippen LogP contribution in [0.15, 0.2) is 65.1 Å². The van der Waals surface area contributed by atoms with E-state index >= 15 is 0 Å². The summed E-state index contributed by atoms with van der Waals surface area (Å²) in [7, 11) is 0. The molecule has 3 aromatic carbocycles. The van der Waals surface area contributed by atoms with Crippen LogP contribution in [0.4, 0.5) is 27.6 Å². The standard InChI is InChI=1S/C22H12BrF5N2O2/c23-13-5-11(17-3-1-14(24)10-18(17)25)6-15(9-13)29-21(31)20-8-12-7-16(32-22(26,27)28)2-4-19(12)30-20/h1-10,30H,(H,29,31). The molecule has 4 nitrogen and oxygen atoms in total. The Kier molecular flexibility index (Phi) is 5.64. The molecule has 0 aliphatic carbocycles. The number of benzene rings is 3. The second kappa shape index (κ2) is 8.27. The van der Waals surface area contributed by atoms with Crippen molar-refractivity contribution in [3.8, 4) is 16.9 Å². The highest BCUT2D eigenvalue weighted by Crippen LogP contribution is 2.31. The van der Waals surface area contributed by atoms with Crippen LogP contribution >= 0.6 is 15.9 Å². The van der Waals surface area contributed by atoms with Crippen LogP contribution in [0.3, 0.4) is 0 Å². The fourth-order valence-electron chi connectivity index (χ4n) is 3.17. The van der Waals surface area contributed by atoms with Crippen molar-refractivity contribution in [2.45, 2.75) is 6.36 Å². The van der Waals surface area contributed by atoms with Gasteiger partial charge in [0.25, 0.3) is 5.91 Å². The van der Waals surface area contributed by atoms with E-state index in [9.17, 15) is 26.7 Å². The van der Waals surface area contributed by atoms with Crippen molar-refractivity contribution in [1.29, 1.82) is 0 Å². The van der Waals surface area contributed by atoms with Gasteiger partial charge in [-0.3, -0.25) is 4.79 Å². The number of carbonyl (C=O) groups is 1. The Labute approximate surface area is 186 Å². The fourth-order valence-corrected chi connectivity index (χ4v) is 3.66. The van der Waals surface area contributed by atoms with Crippen molar-refractivity contribution in [3.63, 3.8) is 0 Å². The zero-order valence-corrected chi connectivity index (χ0v) is 17.4. The summed E-state index contributed by atoms with van der Waals surface area (Å²) in [6.07, 6.45) is -4.83. The molecule has 0 bridgehead atoms. The summed E-state index contributed by atoms with van der Waals surface area (Å²) in [6.45, 7) is 0. The second-order valence-corrected chi connectivity index (χ2v) is 7.70. The highest BCUT2D eigenvalue weighted by Gasteiger charge is 2.31. The molecule has 0 unspecified atom stereocenters. The van der Waals surface area contributed by atoms with Crippen LogP contribution in [-0.4, -0.2) is 17.3 Å². The lowest BCUT2D eigenvalue weighted by molar-refractivity contribution is -0.274. The first-order chi connectivity index (χ1) is 15.1. The normalized spacial score (nSPS) is 11.6. The molecule has 0 atom stereocenters. The lowest BCUT2D eigenvalue weighted by Gasteiger charge is -2.09. The van der Waals surface area contributed by atoms with Gasteiger partial charge >= 0.3 is 6.36 Å². The number of ether oxygens (including phenoxy) is 1. The van der Waals surface area contributed by atoms with Gasteiger partial charge in [-0.25, -0.2) is 8.78 Å². The first kappa shape index (κ1) is 21.8. The third-order valence-corrected chi connectivity index (χ3v) is 4.93. The molecule has 164 valence electrons. The summed E-state index contributed by atoms with van der Waals surface area (Å²) in [5, 5.41) is 2.99. The maximum atomic E-state index is 14.2. The molecular formula is C22H12BrF5N2O2. The van der Waals surface area contributed by atoms with Crippen LogP contribution in [0.2, 0.25) is 0 Å². The number of carbonyl (C=O) groups excluding carboxylic acids is 1. The van der Waals surface area contributed by atoms with Gasteiger partial charge in [0.15, 0.2) is 0 Å². The molecule has 0 aliphatic heterocycles. The Hall–Kier alpha value is -3.40. The number of aromatic nitrogens is 1. The van der Waals surface area contributed by atoms with Gasteiger partial charge in [-0.2, -0.15) is 0 Å². The van der Waals surface area contributed by atoms with Crippen LogP contribution in [0.25, 0.3) is 22.0 Å². The maximum absolute atomic E-state index is 14.2. The number of nitrogens with one attached hydrogen (secondary N) is 2. The van der Waals surface area contributed by atoms with E-state index in [2.05, 4.69) is 31.0 Å². The first-order valence-electron chi connectivity index (χ1n) is 9.03. The van der Waals surface area contributed by atoms with Crippen molar-refractivity contribution < 1.29 is 31.5 Å². The van der Waals surface area contributed by atoms with Crippen molar-refractivity contribution in [2.75, 3.05) is 5.32 Å². The quantitative estimate of drug-likeness (QED) is 0.289. The summed E-state index contributed by atoms with van der Waals surface area (Å²) in [5.41, 5.74) is 1.40. The van der Waals surface area contributed by atoms with E-state index in [1.54, 1.807) is 12.1 Å². The molecule has 1 heterocycles. The number of hydrogen-bond acceptors (Lipinski definition) is 2. The van der Waals surface area contributed by atoms with Crippen molar-refractivity contribution in [1.82, 2.24) is 4.98 Å². The van der Waals surface area contributed by atoms with E-state index < -0.39 is 29.7 Å². The lowest BCUT2D eigenvalue weighted by atomic mass is 10.0. The van der Waals surface area contributed by atoms with Gasteiger partial charge in [0.05, 0.1) is 0 Å². The molecule has 32 heavy (non-hydrogen) atoms. The Morgan fingerprint density at radius 1 is 0.969 bits per heavy atom. The fraction of sp³-hybridized carbons (Fsp3) is 0.0455. The lowest BCUT2D eigenvalue weighted by Crippen LogP contribution is -2.16. The predicted molar refractivity (Wildman–Crippen MR) is 112 cm³/mol. The van der Waals surface area contributed by atoms with Crippen LogP contribution in [0.5, 0.6) is 5.75 Å². The number of aromatic amines is 1. The Morgan fingerprint density at radius 2 is 1.75 bits per heavy atom. The highest BCUT2D eigenvalue weighted by molar-refractivity contribution is 9.10. The molecule has 4 rings (SSSR count). The summed E-state index contributed by atoms with van der Waals surface area (Å²) in [5.74, 6) is -2.44. The molecule has 0 spiro atoms. The molecule has 0 fully saturated rings. The van der Waals surface area contributed by atoms with E-state index in [-0.39, 0.29) is 11.3 Å². The molecule has 10 heteroatoms. The van der Waals surface area contributed by atoms with Gasteiger partial charge in [-0.05, 0) is 60.2 Å². The van der Waals surface area contributed by atoms with Gasteiger partial charge in [-0.1, -0.05) is 15.9 Å². The number of fused-ring (bicyclic) bond motifs is 1. The number of rotatable bonds is 4. The Bertz CT molecular complexity index is 1330. The highest BCUT2D eigenvalue weighted by atomic mass is 79.9. The topological polar surface area (TPSA) is 54.1 Å². The molecule has 1 aromatic heterocycles. The number of halogens is 6. The molecule has 2 N–H and O–H groups in total. The monoisotopic (exact) mass is 510 g/mol. The molecule has 0 saturated heterocycles. The zero-order chi connectivity index (χ0) is 23.0. The van der Waals surface area contributed by atoms with Crippen LogP contribution in [0, 0.1) is 11.6 Å². The van der Waals surface area contributed by atoms with Crippen LogP contribution in [-0.2, 0) is 0 Å². The smallest absolute Gasteiger partial charge is 0.406 e. The summed E-state index contributed by atoms with van der Waals surface area (Å²) in [6, 6.07) is 12.9. The third-order valence-electron chi connectivity index (χ3n) is 4.47. The predicted octanol–water partition coefficient (Wildman–Crippen LogP) is 7.03.